The van der Waals surface area contributed by atoms with E-state index >= 15 is 0 Å². The number of rotatable bonds is 8. The van der Waals surface area contributed by atoms with Gasteiger partial charge in [-0.2, -0.15) is 0 Å². The van der Waals surface area contributed by atoms with E-state index in [9.17, 15) is 19.2 Å². The molecule has 7 nitrogen and oxygen atoms in total. The molecule has 0 aromatic carbocycles. The van der Waals surface area contributed by atoms with Crippen molar-refractivity contribution in [3.63, 3.8) is 0 Å². The summed E-state index contributed by atoms with van der Waals surface area (Å²) in [6.07, 6.45) is 2.52. The van der Waals surface area contributed by atoms with Crippen molar-refractivity contribution in [2.45, 2.75) is 72.4 Å². The molecule has 0 bridgehead atoms. The Bertz CT molecular complexity index is 735. The Morgan fingerprint density at radius 3 is 2.21 bits per heavy atom. The maximum atomic E-state index is 13.4. The van der Waals surface area contributed by atoms with Gasteiger partial charge in [0.25, 0.3) is 5.91 Å². The Morgan fingerprint density at radius 1 is 1.14 bits per heavy atom. The highest BCUT2D eigenvalue weighted by Gasteiger charge is 2.69. The van der Waals surface area contributed by atoms with Gasteiger partial charge in [-0.05, 0) is 35.0 Å². The first-order valence-corrected chi connectivity index (χ1v) is 10.7. The van der Waals surface area contributed by atoms with Gasteiger partial charge in [0, 0.05) is 18.9 Å². The lowest BCUT2D eigenvalue weighted by molar-refractivity contribution is -0.144. The number of primary amides is 1. The molecular formula is C22H35N3O4. The molecule has 3 aliphatic rings. The second-order valence-corrected chi connectivity index (χ2v) is 11.0. The summed E-state index contributed by atoms with van der Waals surface area (Å²) in [4.78, 5) is 51.9. The van der Waals surface area contributed by atoms with Gasteiger partial charge in [-0.25, -0.2) is 0 Å². The predicted octanol–water partition coefficient (Wildman–Crippen LogP) is 1.27. The van der Waals surface area contributed by atoms with E-state index in [0.29, 0.717) is 18.9 Å². The second kappa shape index (κ2) is 7.18. The molecule has 7 heteroatoms. The van der Waals surface area contributed by atoms with Crippen LogP contribution in [0.3, 0.4) is 0 Å². The number of carbonyl (C=O) groups excluding carboxylic acids is 4. The van der Waals surface area contributed by atoms with Crippen LogP contribution < -0.4 is 11.5 Å². The van der Waals surface area contributed by atoms with E-state index in [-0.39, 0.29) is 35.4 Å². The summed E-state index contributed by atoms with van der Waals surface area (Å²) in [5.41, 5.74) is 11.0. The van der Waals surface area contributed by atoms with E-state index in [1.807, 2.05) is 20.8 Å². The van der Waals surface area contributed by atoms with E-state index in [1.165, 1.54) is 0 Å². The quantitative estimate of drug-likeness (QED) is 0.589. The summed E-state index contributed by atoms with van der Waals surface area (Å²) < 4.78 is 0. The summed E-state index contributed by atoms with van der Waals surface area (Å²) in [5.74, 6) is -1.95. The molecule has 3 rings (SSSR count). The number of piperidine rings is 1. The molecule has 4 N–H and O–H groups in total. The Hall–Kier alpha value is -1.76. The summed E-state index contributed by atoms with van der Waals surface area (Å²) in [6.45, 7) is 10.5. The number of nitrogens with zero attached hydrogens (tertiary/aromatic N) is 1. The lowest BCUT2D eigenvalue weighted by Gasteiger charge is -2.36. The molecule has 0 radical (unpaired) electrons. The summed E-state index contributed by atoms with van der Waals surface area (Å²) >= 11 is 0. The molecular weight excluding hydrogens is 370 g/mol. The zero-order valence-corrected chi connectivity index (χ0v) is 18.2. The molecule has 1 aliphatic heterocycles. The minimum atomic E-state index is -0.984. The highest BCUT2D eigenvalue weighted by atomic mass is 16.2. The van der Waals surface area contributed by atoms with Gasteiger partial charge < -0.3 is 16.4 Å². The zero-order chi connectivity index (χ0) is 21.9. The lowest BCUT2D eigenvalue weighted by atomic mass is 9.84. The first kappa shape index (κ1) is 21.9. The van der Waals surface area contributed by atoms with Gasteiger partial charge in [0.2, 0.25) is 11.7 Å². The van der Waals surface area contributed by atoms with Gasteiger partial charge >= 0.3 is 0 Å². The number of amides is 2. The van der Waals surface area contributed by atoms with Crippen LogP contribution in [0.4, 0.5) is 0 Å². The van der Waals surface area contributed by atoms with E-state index in [1.54, 1.807) is 4.90 Å². The van der Waals surface area contributed by atoms with Gasteiger partial charge in [0.15, 0.2) is 5.78 Å². The molecule has 0 aromatic heterocycles. The third kappa shape index (κ3) is 4.11. The zero-order valence-electron chi connectivity index (χ0n) is 18.2. The topological polar surface area (TPSA) is 124 Å². The first-order chi connectivity index (χ1) is 13.3. The van der Waals surface area contributed by atoms with E-state index in [4.69, 9.17) is 11.5 Å². The third-order valence-electron chi connectivity index (χ3n) is 7.40. The smallest absolute Gasteiger partial charge is 0.285 e. The molecule has 1 heterocycles. The normalized spacial score (nSPS) is 29.7. The highest BCUT2D eigenvalue weighted by molar-refractivity contribution is 6.36. The molecule has 0 spiro atoms. The maximum Gasteiger partial charge on any atom is 0.285 e. The van der Waals surface area contributed by atoms with Crippen molar-refractivity contribution in [3.8, 4) is 0 Å². The van der Waals surface area contributed by atoms with Crippen LogP contribution in [0.15, 0.2) is 0 Å². The fraction of sp³-hybridized carbons (Fsp3) is 0.818. The summed E-state index contributed by atoms with van der Waals surface area (Å²) in [7, 11) is 0. The number of hydrogen-bond acceptors (Lipinski definition) is 5. The highest BCUT2D eigenvalue weighted by Crippen LogP contribution is 2.65. The van der Waals surface area contributed by atoms with Crippen molar-refractivity contribution >= 4 is 23.4 Å². The molecule has 162 valence electrons. The number of fused-ring (bicyclic) bond motifs is 1. The standard InChI is InChI=1S/C22H35N3O4/c1-21(2,3)18(23)20(29)25-10-13-15(22(13,4)5)16(25)14(26)9-12(8-11-6-7-11)17(27)19(24)28/h11-13,15-16,18H,6-10,23H2,1-5H3,(H2,24,28)/t12?,13?,15-,16?,18?/m0/s1. The van der Waals surface area contributed by atoms with Gasteiger partial charge in [-0.3, -0.25) is 19.2 Å². The first-order valence-electron chi connectivity index (χ1n) is 10.7. The number of ketones is 2. The van der Waals surface area contributed by atoms with Crippen LogP contribution in [-0.4, -0.2) is 46.9 Å². The fourth-order valence-electron chi connectivity index (χ4n) is 5.04. The molecule has 2 saturated carbocycles. The van der Waals surface area contributed by atoms with Crippen LogP contribution in [0, 0.1) is 34.5 Å². The van der Waals surface area contributed by atoms with E-state index in [0.717, 1.165) is 12.8 Å². The van der Waals surface area contributed by atoms with Crippen LogP contribution in [-0.2, 0) is 19.2 Å². The van der Waals surface area contributed by atoms with Gasteiger partial charge in [0.1, 0.15) is 0 Å². The Balaban J connectivity index is 1.79. The van der Waals surface area contributed by atoms with Gasteiger partial charge in [-0.15, -0.1) is 0 Å². The largest absolute Gasteiger partial charge is 0.363 e. The third-order valence-corrected chi connectivity index (χ3v) is 7.40. The fourth-order valence-corrected chi connectivity index (χ4v) is 5.04. The minimum absolute atomic E-state index is 0.0113. The minimum Gasteiger partial charge on any atom is -0.363 e. The summed E-state index contributed by atoms with van der Waals surface area (Å²) in [6, 6.07) is -1.27. The molecule has 29 heavy (non-hydrogen) atoms. The van der Waals surface area contributed by atoms with Crippen LogP contribution >= 0.6 is 0 Å². The maximum absolute atomic E-state index is 13.4. The Morgan fingerprint density at radius 2 is 1.72 bits per heavy atom. The van der Waals surface area contributed by atoms with Crippen molar-refractivity contribution in [1.29, 1.82) is 0 Å². The molecule has 0 aromatic rings. The average molecular weight is 406 g/mol. The SMILES string of the molecule is CC(C)(C)C(N)C(=O)N1CC2[C@@H](C1C(=O)CC(CC1CC1)C(=O)C(N)=O)C2(C)C. The van der Waals surface area contributed by atoms with Crippen LogP contribution in [0.25, 0.3) is 0 Å². The number of hydrogen-bond donors (Lipinski definition) is 2. The average Bonchev–Trinajstić information content (AvgIpc) is 3.45. The van der Waals surface area contributed by atoms with Crippen LogP contribution in [0.5, 0.6) is 0 Å². The molecule has 2 aliphatic carbocycles. The predicted molar refractivity (Wildman–Crippen MR) is 108 cm³/mol. The Labute approximate surface area is 172 Å². The monoisotopic (exact) mass is 405 g/mol. The van der Waals surface area contributed by atoms with Gasteiger partial charge in [0.05, 0.1) is 12.1 Å². The van der Waals surface area contributed by atoms with Crippen molar-refractivity contribution in [3.05, 3.63) is 0 Å². The number of carbonyl (C=O) groups is 4. The van der Waals surface area contributed by atoms with Crippen LogP contribution in [0.1, 0.15) is 60.3 Å². The number of Topliss-reactive ketones (excluding diaryl/α,β-unsaturated/α-hetero) is 2. The van der Waals surface area contributed by atoms with Crippen molar-refractivity contribution in [2.75, 3.05) is 6.54 Å². The molecule has 1 saturated heterocycles. The van der Waals surface area contributed by atoms with E-state index < -0.39 is 35.1 Å². The lowest BCUT2D eigenvalue weighted by Crippen LogP contribution is -2.55. The molecule has 4 unspecified atom stereocenters. The van der Waals surface area contributed by atoms with Crippen molar-refractivity contribution in [2.24, 2.45) is 46.0 Å². The van der Waals surface area contributed by atoms with Crippen molar-refractivity contribution in [1.82, 2.24) is 4.90 Å². The Kier molecular flexibility index (Phi) is 5.43. The number of nitrogens with two attached hydrogens (primary N) is 2. The number of likely N-dealkylation sites (tertiary alicyclic amines) is 1. The van der Waals surface area contributed by atoms with E-state index in [2.05, 4.69) is 13.8 Å². The van der Waals surface area contributed by atoms with Crippen LogP contribution in [0.2, 0.25) is 0 Å². The second-order valence-electron chi connectivity index (χ2n) is 11.0. The molecule has 5 atom stereocenters. The molecule has 2 amide bonds. The van der Waals surface area contributed by atoms with Gasteiger partial charge in [-0.1, -0.05) is 47.5 Å². The summed E-state index contributed by atoms with van der Waals surface area (Å²) in [5, 5.41) is 0. The molecule has 3 fully saturated rings. The van der Waals surface area contributed by atoms with Crippen molar-refractivity contribution < 1.29 is 19.2 Å².